The Morgan fingerprint density at radius 3 is 2.56 bits per heavy atom. The van der Waals surface area contributed by atoms with Gasteiger partial charge in [-0.15, -0.1) is 6.58 Å². The molecule has 16 heavy (non-hydrogen) atoms. The number of methoxy groups -OCH3 is 1. The third-order valence-corrected chi connectivity index (χ3v) is 2.69. The fraction of sp³-hybridized carbons (Fsp3) is 0.357. The Hall–Kier alpha value is -1.57. The molecule has 1 aromatic carbocycles. The van der Waals surface area contributed by atoms with Gasteiger partial charge in [0.2, 0.25) is 0 Å². The Morgan fingerprint density at radius 2 is 2.12 bits per heavy atom. The first-order valence-corrected chi connectivity index (χ1v) is 5.46. The highest BCUT2D eigenvalue weighted by molar-refractivity contribution is 5.96. The molecule has 1 aromatic rings. The Bertz CT molecular complexity index is 405. The van der Waals surface area contributed by atoms with Crippen molar-refractivity contribution in [3.05, 3.63) is 41.5 Å². The van der Waals surface area contributed by atoms with Gasteiger partial charge in [-0.25, -0.2) is 0 Å². The van der Waals surface area contributed by atoms with Gasteiger partial charge in [-0.1, -0.05) is 13.0 Å². The van der Waals surface area contributed by atoms with E-state index in [0.717, 1.165) is 35.3 Å². The molecule has 0 bridgehead atoms. The molecule has 0 aliphatic rings. The van der Waals surface area contributed by atoms with Gasteiger partial charge in [0.1, 0.15) is 5.75 Å². The first kappa shape index (κ1) is 12.5. The minimum atomic E-state index is 0.102. The lowest BCUT2D eigenvalue weighted by molar-refractivity contribution is 0.101. The van der Waals surface area contributed by atoms with Crippen molar-refractivity contribution < 1.29 is 9.53 Å². The van der Waals surface area contributed by atoms with Gasteiger partial charge >= 0.3 is 0 Å². The van der Waals surface area contributed by atoms with Crippen molar-refractivity contribution in [1.29, 1.82) is 0 Å². The summed E-state index contributed by atoms with van der Waals surface area (Å²) >= 11 is 0. The molecule has 0 fully saturated rings. The van der Waals surface area contributed by atoms with Crippen LogP contribution >= 0.6 is 0 Å². The van der Waals surface area contributed by atoms with E-state index in [2.05, 4.69) is 6.58 Å². The molecule has 86 valence electrons. The molecule has 0 atom stereocenters. The molecule has 0 N–H and O–H groups in total. The summed E-state index contributed by atoms with van der Waals surface area (Å²) in [4.78, 5) is 11.5. The monoisotopic (exact) mass is 218 g/mol. The molecule has 0 radical (unpaired) electrons. The summed E-state index contributed by atoms with van der Waals surface area (Å²) in [7, 11) is 1.65. The Morgan fingerprint density at radius 1 is 1.44 bits per heavy atom. The van der Waals surface area contributed by atoms with E-state index >= 15 is 0 Å². The maximum atomic E-state index is 11.5. The number of ether oxygens (including phenoxy) is 1. The van der Waals surface area contributed by atoms with E-state index in [1.54, 1.807) is 14.0 Å². The molecule has 0 saturated carbocycles. The van der Waals surface area contributed by atoms with E-state index in [0.29, 0.717) is 0 Å². The van der Waals surface area contributed by atoms with Crippen molar-refractivity contribution in [3.8, 4) is 5.75 Å². The predicted molar refractivity (Wildman–Crippen MR) is 66.3 cm³/mol. The zero-order chi connectivity index (χ0) is 12.1. The van der Waals surface area contributed by atoms with Gasteiger partial charge in [0.25, 0.3) is 0 Å². The summed E-state index contributed by atoms with van der Waals surface area (Å²) in [6, 6.07) is 3.70. The van der Waals surface area contributed by atoms with E-state index in [4.69, 9.17) is 4.74 Å². The van der Waals surface area contributed by atoms with Crippen LogP contribution in [0.4, 0.5) is 0 Å². The molecule has 0 aliphatic carbocycles. The molecule has 0 saturated heterocycles. The molecule has 2 nitrogen and oxygen atoms in total. The standard InChI is InChI=1S/C14H18O2/c1-5-7-13-11(6-2)12(10(3)15)8-9-14(13)16-4/h5,8-9H,1,6-7H2,2-4H3. The number of rotatable bonds is 5. The largest absolute Gasteiger partial charge is 0.496 e. The smallest absolute Gasteiger partial charge is 0.160 e. The zero-order valence-corrected chi connectivity index (χ0v) is 10.2. The third kappa shape index (κ3) is 2.32. The van der Waals surface area contributed by atoms with E-state index < -0.39 is 0 Å². The van der Waals surface area contributed by atoms with Crippen molar-refractivity contribution in [3.63, 3.8) is 0 Å². The number of ketones is 1. The fourth-order valence-electron chi connectivity index (χ4n) is 1.96. The number of carbonyl (C=O) groups excluding carboxylic acids is 1. The maximum Gasteiger partial charge on any atom is 0.160 e. The SMILES string of the molecule is C=CCc1c(OC)ccc(C(C)=O)c1CC. The molecule has 1 rings (SSSR count). The minimum absolute atomic E-state index is 0.102. The van der Waals surface area contributed by atoms with Crippen LogP contribution in [0.5, 0.6) is 5.75 Å². The van der Waals surface area contributed by atoms with Gasteiger partial charge < -0.3 is 4.74 Å². The lowest BCUT2D eigenvalue weighted by Crippen LogP contribution is -2.05. The van der Waals surface area contributed by atoms with Gasteiger partial charge in [-0.3, -0.25) is 4.79 Å². The summed E-state index contributed by atoms with van der Waals surface area (Å²) in [5, 5.41) is 0. The molecular formula is C14H18O2. The predicted octanol–water partition coefficient (Wildman–Crippen LogP) is 3.19. The van der Waals surface area contributed by atoms with E-state index in [9.17, 15) is 4.79 Å². The number of Topliss-reactive ketones (excluding diaryl/α,β-unsaturated/α-hetero) is 1. The number of hydrogen-bond acceptors (Lipinski definition) is 2. The fourth-order valence-corrected chi connectivity index (χ4v) is 1.96. The molecular weight excluding hydrogens is 200 g/mol. The normalized spacial score (nSPS) is 9.94. The van der Waals surface area contributed by atoms with Crippen LogP contribution in [0.3, 0.4) is 0 Å². The average Bonchev–Trinajstić information content (AvgIpc) is 2.28. The topological polar surface area (TPSA) is 26.3 Å². The van der Waals surface area contributed by atoms with Crippen LogP contribution in [0.25, 0.3) is 0 Å². The highest BCUT2D eigenvalue weighted by Gasteiger charge is 2.13. The van der Waals surface area contributed by atoms with Gasteiger partial charge in [-0.2, -0.15) is 0 Å². The van der Waals surface area contributed by atoms with Crippen molar-refractivity contribution >= 4 is 5.78 Å². The molecule has 0 aromatic heterocycles. The second kappa shape index (κ2) is 5.50. The molecule has 0 heterocycles. The van der Waals surface area contributed by atoms with Crippen LogP contribution in [0.2, 0.25) is 0 Å². The molecule has 0 amide bonds. The Kier molecular flexibility index (Phi) is 4.29. The molecule has 0 unspecified atom stereocenters. The molecule has 0 aliphatic heterocycles. The third-order valence-electron chi connectivity index (χ3n) is 2.69. The number of benzene rings is 1. The van der Waals surface area contributed by atoms with Gasteiger partial charge in [0.05, 0.1) is 7.11 Å². The number of allylic oxidation sites excluding steroid dienone is 1. The van der Waals surface area contributed by atoms with Crippen molar-refractivity contribution in [2.24, 2.45) is 0 Å². The summed E-state index contributed by atoms with van der Waals surface area (Å²) in [5.41, 5.74) is 2.94. The summed E-state index contributed by atoms with van der Waals surface area (Å²) in [6.07, 6.45) is 3.39. The maximum absolute atomic E-state index is 11.5. The number of hydrogen-bond donors (Lipinski definition) is 0. The summed E-state index contributed by atoms with van der Waals surface area (Å²) < 4.78 is 5.32. The highest BCUT2D eigenvalue weighted by atomic mass is 16.5. The van der Waals surface area contributed by atoms with Crippen LogP contribution in [0.1, 0.15) is 35.3 Å². The van der Waals surface area contributed by atoms with E-state index in [-0.39, 0.29) is 5.78 Å². The summed E-state index contributed by atoms with van der Waals surface area (Å²) in [6.45, 7) is 7.39. The van der Waals surface area contributed by atoms with Crippen LogP contribution in [0.15, 0.2) is 24.8 Å². The first-order valence-electron chi connectivity index (χ1n) is 5.46. The molecule has 2 heteroatoms. The molecule has 0 spiro atoms. The van der Waals surface area contributed by atoms with Crippen LogP contribution in [-0.2, 0) is 12.8 Å². The van der Waals surface area contributed by atoms with E-state index in [1.807, 2.05) is 25.1 Å². The van der Waals surface area contributed by atoms with Crippen molar-refractivity contribution in [2.75, 3.05) is 7.11 Å². The Labute approximate surface area is 96.9 Å². The Balaban J connectivity index is 3.42. The van der Waals surface area contributed by atoms with Gasteiger partial charge in [-0.05, 0) is 37.5 Å². The second-order valence-corrected chi connectivity index (χ2v) is 3.68. The van der Waals surface area contributed by atoms with Crippen LogP contribution in [-0.4, -0.2) is 12.9 Å². The lowest BCUT2D eigenvalue weighted by Gasteiger charge is -2.14. The van der Waals surface area contributed by atoms with Crippen molar-refractivity contribution in [2.45, 2.75) is 26.7 Å². The number of carbonyl (C=O) groups is 1. The lowest BCUT2D eigenvalue weighted by atomic mass is 9.94. The van der Waals surface area contributed by atoms with Crippen LogP contribution < -0.4 is 4.74 Å². The first-order chi connectivity index (χ1) is 7.65. The second-order valence-electron chi connectivity index (χ2n) is 3.68. The minimum Gasteiger partial charge on any atom is -0.496 e. The van der Waals surface area contributed by atoms with Gasteiger partial charge in [0, 0.05) is 11.1 Å². The quantitative estimate of drug-likeness (QED) is 0.560. The van der Waals surface area contributed by atoms with Crippen LogP contribution in [0, 0.1) is 0 Å². The van der Waals surface area contributed by atoms with Gasteiger partial charge in [0.15, 0.2) is 5.78 Å². The highest BCUT2D eigenvalue weighted by Crippen LogP contribution is 2.27. The van der Waals surface area contributed by atoms with E-state index in [1.165, 1.54) is 0 Å². The van der Waals surface area contributed by atoms with Crippen molar-refractivity contribution in [1.82, 2.24) is 0 Å². The summed E-state index contributed by atoms with van der Waals surface area (Å²) in [5.74, 6) is 0.937. The zero-order valence-electron chi connectivity index (χ0n) is 10.2. The average molecular weight is 218 g/mol.